The van der Waals surface area contributed by atoms with Crippen LogP contribution in [0.3, 0.4) is 0 Å². The summed E-state index contributed by atoms with van der Waals surface area (Å²) in [6.45, 7) is 7.64. The van der Waals surface area contributed by atoms with Gasteiger partial charge in [-0.05, 0) is 33.3 Å². The number of ether oxygens (including phenoxy) is 2. The number of aryl methyl sites for hydroxylation is 1. The second kappa shape index (κ2) is 10.9. The van der Waals surface area contributed by atoms with Crippen molar-refractivity contribution in [3.63, 3.8) is 0 Å². The minimum atomic E-state index is -1.28. The lowest BCUT2D eigenvalue weighted by Gasteiger charge is -2.36. The van der Waals surface area contributed by atoms with Gasteiger partial charge in [0, 0.05) is 21.7 Å². The Morgan fingerprint density at radius 2 is 1.29 bits per heavy atom. The Morgan fingerprint density at radius 3 is 1.88 bits per heavy atom. The van der Waals surface area contributed by atoms with Crippen LogP contribution in [0.25, 0.3) is 0 Å². The van der Waals surface area contributed by atoms with Gasteiger partial charge >= 0.3 is 11.9 Å². The molecule has 0 aromatic heterocycles. The van der Waals surface area contributed by atoms with Gasteiger partial charge in [0.25, 0.3) is 0 Å². The fourth-order valence-electron chi connectivity index (χ4n) is 3.72. The molecule has 0 spiro atoms. The quantitative estimate of drug-likeness (QED) is 0.245. The number of carbonyl (C=O) groups excluding carboxylic acids is 2. The smallest absolute Gasteiger partial charge is 0.307 e. The van der Waals surface area contributed by atoms with E-state index in [0.29, 0.717) is 17.0 Å². The van der Waals surface area contributed by atoms with Gasteiger partial charge in [0.1, 0.15) is 5.60 Å². The third kappa shape index (κ3) is 5.87. The van der Waals surface area contributed by atoms with Crippen LogP contribution in [0.2, 0.25) is 5.02 Å². The van der Waals surface area contributed by atoms with Gasteiger partial charge in [0.15, 0.2) is 5.60 Å². The molecule has 1 atom stereocenters. The van der Waals surface area contributed by atoms with Crippen LogP contribution >= 0.6 is 11.6 Å². The molecule has 3 rings (SSSR count). The fraction of sp³-hybridized carbons (Fsp3) is 0.310. The lowest BCUT2D eigenvalue weighted by Crippen LogP contribution is -2.36. The molecule has 4 nitrogen and oxygen atoms in total. The molecule has 0 amide bonds. The standard InChI is InChI=1S/C29H31ClO4/c1-5-28(3,4)33-26(31)19-20-27(32)34-29(22-11-7-6-8-12-22,23-17-15-21(2)16-18-23)24-13-9-10-14-25(24)30/h6-18H,5,19-20H2,1-4H3. The lowest BCUT2D eigenvalue weighted by atomic mass is 9.79. The zero-order chi connectivity index (χ0) is 24.8. The molecule has 3 aromatic rings. The minimum Gasteiger partial charge on any atom is -0.460 e. The van der Waals surface area contributed by atoms with Crippen LogP contribution in [0, 0.1) is 6.92 Å². The average Bonchev–Trinajstić information content (AvgIpc) is 2.83. The number of benzene rings is 3. The van der Waals surface area contributed by atoms with Crippen molar-refractivity contribution in [2.75, 3.05) is 0 Å². The first-order valence-electron chi connectivity index (χ1n) is 11.5. The van der Waals surface area contributed by atoms with Crippen molar-refractivity contribution in [1.82, 2.24) is 0 Å². The zero-order valence-corrected chi connectivity index (χ0v) is 20.9. The van der Waals surface area contributed by atoms with E-state index in [1.807, 2.05) is 100 Å². The second-order valence-corrected chi connectivity index (χ2v) is 9.36. The van der Waals surface area contributed by atoms with E-state index >= 15 is 0 Å². The number of hydrogen-bond acceptors (Lipinski definition) is 4. The van der Waals surface area contributed by atoms with Gasteiger partial charge in [-0.3, -0.25) is 9.59 Å². The van der Waals surface area contributed by atoms with Crippen LogP contribution in [-0.2, 0) is 24.7 Å². The van der Waals surface area contributed by atoms with E-state index in [9.17, 15) is 9.59 Å². The maximum atomic E-state index is 13.2. The van der Waals surface area contributed by atoms with Crippen LogP contribution in [0.15, 0.2) is 78.9 Å². The van der Waals surface area contributed by atoms with E-state index in [1.54, 1.807) is 6.07 Å². The number of hydrogen-bond donors (Lipinski definition) is 0. The highest BCUT2D eigenvalue weighted by atomic mass is 35.5. The van der Waals surface area contributed by atoms with E-state index in [0.717, 1.165) is 16.7 Å². The summed E-state index contributed by atoms with van der Waals surface area (Å²) in [6.07, 6.45) is 0.507. The van der Waals surface area contributed by atoms with Crippen molar-refractivity contribution in [1.29, 1.82) is 0 Å². The Balaban J connectivity index is 2.03. The fourth-order valence-corrected chi connectivity index (χ4v) is 3.98. The van der Waals surface area contributed by atoms with E-state index < -0.39 is 23.1 Å². The Morgan fingerprint density at radius 1 is 0.765 bits per heavy atom. The third-order valence-corrected chi connectivity index (χ3v) is 6.26. The van der Waals surface area contributed by atoms with E-state index in [-0.39, 0.29) is 12.8 Å². The SMILES string of the molecule is CCC(C)(C)OC(=O)CCC(=O)OC(c1ccccc1)(c1ccc(C)cc1)c1ccccc1Cl. The topological polar surface area (TPSA) is 52.6 Å². The van der Waals surface area contributed by atoms with Crippen LogP contribution in [0.4, 0.5) is 0 Å². The molecule has 0 N–H and O–H groups in total. The van der Waals surface area contributed by atoms with Gasteiger partial charge in [-0.25, -0.2) is 0 Å². The molecule has 5 heteroatoms. The monoisotopic (exact) mass is 478 g/mol. The van der Waals surface area contributed by atoms with Gasteiger partial charge in [-0.1, -0.05) is 96.9 Å². The summed E-state index contributed by atoms with van der Waals surface area (Å²) in [5.41, 5.74) is 1.40. The third-order valence-electron chi connectivity index (χ3n) is 5.93. The second-order valence-electron chi connectivity index (χ2n) is 8.95. The van der Waals surface area contributed by atoms with Crippen molar-refractivity contribution in [2.24, 2.45) is 0 Å². The van der Waals surface area contributed by atoms with Crippen molar-refractivity contribution < 1.29 is 19.1 Å². The highest BCUT2D eigenvalue weighted by Gasteiger charge is 2.42. The largest absolute Gasteiger partial charge is 0.460 e. The Labute approximate surface area is 206 Å². The highest BCUT2D eigenvalue weighted by Crippen LogP contribution is 2.43. The molecule has 0 aliphatic rings. The van der Waals surface area contributed by atoms with Crippen LogP contribution < -0.4 is 0 Å². The Hall–Kier alpha value is -3.11. The molecule has 0 aliphatic carbocycles. The van der Waals surface area contributed by atoms with Gasteiger partial charge in [0.2, 0.25) is 0 Å². The van der Waals surface area contributed by atoms with E-state index in [4.69, 9.17) is 21.1 Å². The number of halogens is 1. The number of esters is 2. The van der Waals surface area contributed by atoms with Crippen LogP contribution in [0.1, 0.15) is 62.3 Å². The highest BCUT2D eigenvalue weighted by molar-refractivity contribution is 6.31. The molecular formula is C29H31ClO4. The van der Waals surface area contributed by atoms with Crippen molar-refractivity contribution in [2.45, 2.75) is 58.2 Å². The Kier molecular flexibility index (Phi) is 8.16. The van der Waals surface area contributed by atoms with E-state index in [2.05, 4.69) is 0 Å². The van der Waals surface area contributed by atoms with E-state index in [1.165, 1.54) is 0 Å². The molecule has 0 aliphatic heterocycles. The molecule has 0 heterocycles. The summed E-state index contributed by atoms with van der Waals surface area (Å²) in [6, 6.07) is 24.7. The van der Waals surface area contributed by atoms with Crippen molar-refractivity contribution in [3.8, 4) is 0 Å². The maximum Gasteiger partial charge on any atom is 0.307 e. The summed E-state index contributed by atoms with van der Waals surface area (Å²) in [7, 11) is 0. The first kappa shape index (κ1) is 25.5. The van der Waals surface area contributed by atoms with Gasteiger partial charge < -0.3 is 9.47 Å². The molecule has 0 bridgehead atoms. The predicted octanol–water partition coefficient (Wildman–Crippen LogP) is 7.00. The first-order valence-corrected chi connectivity index (χ1v) is 11.9. The van der Waals surface area contributed by atoms with Gasteiger partial charge in [0.05, 0.1) is 12.8 Å². The van der Waals surface area contributed by atoms with Crippen LogP contribution in [-0.4, -0.2) is 17.5 Å². The summed E-state index contributed by atoms with van der Waals surface area (Å²) in [5, 5.41) is 0.476. The zero-order valence-electron chi connectivity index (χ0n) is 20.1. The summed E-state index contributed by atoms with van der Waals surface area (Å²) in [4.78, 5) is 25.6. The number of rotatable bonds is 9. The van der Waals surface area contributed by atoms with Crippen LogP contribution in [0.5, 0.6) is 0 Å². The lowest BCUT2D eigenvalue weighted by molar-refractivity contribution is -0.162. The molecule has 178 valence electrons. The van der Waals surface area contributed by atoms with Gasteiger partial charge in [-0.15, -0.1) is 0 Å². The molecule has 1 unspecified atom stereocenters. The number of carbonyl (C=O) groups is 2. The van der Waals surface area contributed by atoms with Gasteiger partial charge in [-0.2, -0.15) is 0 Å². The minimum absolute atomic E-state index is 0.0659. The van der Waals surface area contributed by atoms with Crippen molar-refractivity contribution >= 4 is 23.5 Å². The summed E-state index contributed by atoms with van der Waals surface area (Å²) < 4.78 is 11.8. The predicted molar refractivity (Wildman–Crippen MR) is 135 cm³/mol. The molecular weight excluding hydrogens is 448 g/mol. The Bertz CT molecular complexity index is 1120. The maximum absolute atomic E-state index is 13.2. The summed E-state index contributed by atoms with van der Waals surface area (Å²) in [5.74, 6) is -0.946. The average molecular weight is 479 g/mol. The molecule has 34 heavy (non-hydrogen) atoms. The summed E-state index contributed by atoms with van der Waals surface area (Å²) >= 11 is 6.67. The molecule has 3 aromatic carbocycles. The molecule has 0 saturated carbocycles. The first-order chi connectivity index (χ1) is 16.2. The normalized spacial score (nSPS) is 13.1. The van der Waals surface area contributed by atoms with Crippen molar-refractivity contribution in [3.05, 3.63) is 106 Å². The molecule has 0 saturated heterocycles. The molecule has 0 fully saturated rings. The molecule has 0 radical (unpaired) electrons.